The molecule has 1 fully saturated rings. The van der Waals surface area contributed by atoms with Crippen molar-refractivity contribution < 1.29 is 4.74 Å². The van der Waals surface area contributed by atoms with Crippen molar-refractivity contribution >= 4 is 22.5 Å². The number of hydrogen-bond donors (Lipinski definition) is 1. The van der Waals surface area contributed by atoms with Gasteiger partial charge in [-0.2, -0.15) is 0 Å². The lowest BCUT2D eigenvalue weighted by Gasteiger charge is -2.32. The first-order valence-electron chi connectivity index (χ1n) is 7.26. The molecule has 0 saturated carbocycles. The number of aromatic nitrogens is 1. The Morgan fingerprint density at radius 3 is 3.05 bits per heavy atom. The number of benzene rings is 1. The van der Waals surface area contributed by atoms with Crippen LogP contribution in [-0.2, 0) is 11.3 Å². The number of nitrogens with two attached hydrogens (primary N) is 1. The van der Waals surface area contributed by atoms with Gasteiger partial charge < -0.3 is 10.5 Å². The van der Waals surface area contributed by atoms with Gasteiger partial charge in [-0.15, -0.1) is 0 Å². The SMILES string of the molecule is Cc1c(Cl)c(CN2CCOC(CN)C2)nc2ccccc12. The van der Waals surface area contributed by atoms with Crippen LogP contribution in [0.2, 0.25) is 5.02 Å². The molecule has 0 radical (unpaired) electrons. The summed E-state index contributed by atoms with van der Waals surface area (Å²) >= 11 is 6.52. The molecule has 2 aromatic rings. The van der Waals surface area contributed by atoms with Crippen molar-refractivity contribution in [3.05, 3.63) is 40.5 Å². The van der Waals surface area contributed by atoms with E-state index in [4.69, 9.17) is 27.1 Å². The molecule has 0 bridgehead atoms. The molecule has 1 aromatic carbocycles. The molecule has 1 aliphatic heterocycles. The maximum atomic E-state index is 6.52. The average molecular weight is 306 g/mol. The summed E-state index contributed by atoms with van der Waals surface area (Å²) in [5.74, 6) is 0. The summed E-state index contributed by atoms with van der Waals surface area (Å²) in [4.78, 5) is 7.04. The van der Waals surface area contributed by atoms with Gasteiger partial charge in [0.2, 0.25) is 0 Å². The Morgan fingerprint density at radius 2 is 2.24 bits per heavy atom. The Hall–Kier alpha value is -1.20. The molecule has 1 saturated heterocycles. The molecule has 4 nitrogen and oxygen atoms in total. The second-order valence-corrected chi connectivity index (χ2v) is 5.86. The molecule has 1 unspecified atom stereocenters. The number of ether oxygens (including phenoxy) is 1. The summed E-state index contributed by atoms with van der Waals surface area (Å²) in [7, 11) is 0. The van der Waals surface area contributed by atoms with Crippen molar-refractivity contribution in [1.82, 2.24) is 9.88 Å². The van der Waals surface area contributed by atoms with E-state index in [1.165, 1.54) is 0 Å². The molecule has 0 spiro atoms. The van der Waals surface area contributed by atoms with Gasteiger partial charge in [0.25, 0.3) is 0 Å². The lowest BCUT2D eigenvalue weighted by molar-refractivity contribution is -0.0263. The molecule has 0 amide bonds. The Kier molecular flexibility index (Phi) is 4.40. The number of nitrogens with zero attached hydrogens (tertiary/aromatic N) is 2. The Bertz CT molecular complexity index is 647. The number of morpholine rings is 1. The molecular formula is C16H20ClN3O. The molecule has 5 heteroatoms. The minimum Gasteiger partial charge on any atom is -0.374 e. The number of rotatable bonds is 3. The molecule has 1 aliphatic rings. The fourth-order valence-corrected chi connectivity index (χ4v) is 3.00. The van der Waals surface area contributed by atoms with E-state index in [1.54, 1.807) is 0 Å². The van der Waals surface area contributed by atoms with Gasteiger partial charge >= 0.3 is 0 Å². The summed E-state index contributed by atoms with van der Waals surface area (Å²) in [6, 6.07) is 8.11. The van der Waals surface area contributed by atoms with Gasteiger partial charge in [0.15, 0.2) is 0 Å². The van der Waals surface area contributed by atoms with Crippen LogP contribution in [0.25, 0.3) is 10.9 Å². The second kappa shape index (κ2) is 6.28. The lowest BCUT2D eigenvalue weighted by atomic mass is 10.1. The molecule has 0 aliphatic carbocycles. The van der Waals surface area contributed by atoms with Crippen LogP contribution in [0.5, 0.6) is 0 Å². The number of pyridine rings is 1. The number of hydrogen-bond acceptors (Lipinski definition) is 4. The van der Waals surface area contributed by atoms with Gasteiger partial charge in [0, 0.05) is 31.6 Å². The maximum absolute atomic E-state index is 6.52. The van der Waals surface area contributed by atoms with Gasteiger partial charge in [-0.1, -0.05) is 29.8 Å². The first-order chi connectivity index (χ1) is 10.2. The van der Waals surface area contributed by atoms with Crippen LogP contribution in [0, 0.1) is 6.92 Å². The van der Waals surface area contributed by atoms with Crippen LogP contribution in [0.3, 0.4) is 0 Å². The quantitative estimate of drug-likeness (QED) is 0.946. The Labute approximate surface area is 129 Å². The third-order valence-electron chi connectivity index (χ3n) is 4.01. The summed E-state index contributed by atoms with van der Waals surface area (Å²) in [6.45, 7) is 5.78. The summed E-state index contributed by atoms with van der Waals surface area (Å²) in [5, 5.41) is 1.89. The van der Waals surface area contributed by atoms with E-state index in [-0.39, 0.29) is 6.10 Å². The van der Waals surface area contributed by atoms with Crippen LogP contribution in [0.15, 0.2) is 24.3 Å². The van der Waals surface area contributed by atoms with Gasteiger partial charge in [-0.05, 0) is 18.6 Å². The van der Waals surface area contributed by atoms with E-state index in [0.29, 0.717) is 13.2 Å². The molecular weight excluding hydrogens is 286 g/mol. The third-order valence-corrected chi connectivity index (χ3v) is 4.51. The largest absolute Gasteiger partial charge is 0.374 e. The Balaban J connectivity index is 1.88. The molecule has 1 aromatic heterocycles. The van der Waals surface area contributed by atoms with Crippen LogP contribution in [0.1, 0.15) is 11.3 Å². The summed E-state index contributed by atoms with van der Waals surface area (Å²) < 4.78 is 5.60. The average Bonchev–Trinajstić information content (AvgIpc) is 2.52. The van der Waals surface area contributed by atoms with E-state index in [0.717, 1.165) is 46.8 Å². The smallest absolute Gasteiger partial charge is 0.0824 e. The van der Waals surface area contributed by atoms with Gasteiger partial charge in [0.1, 0.15) is 0 Å². The Morgan fingerprint density at radius 1 is 1.43 bits per heavy atom. The van der Waals surface area contributed by atoms with Crippen molar-refractivity contribution in [2.45, 2.75) is 19.6 Å². The van der Waals surface area contributed by atoms with E-state index in [2.05, 4.69) is 17.9 Å². The molecule has 1 atom stereocenters. The van der Waals surface area contributed by atoms with E-state index < -0.39 is 0 Å². The topological polar surface area (TPSA) is 51.4 Å². The van der Waals surface area contributed by atoms with Gasteiger partial charge in [-0.3, -0.25) is 4.90 Å². The molecule has 2 heterocycles. The lowest BCUT2D eigenvalue weighted by Crippen LogP contribution is -2.45. The van der Waals surface area contributed by atoms with Crippen molar-refractivity contribution in [2.75, 3.05) is 26.2 Å². The van der Waals surface area contributed by atoms with Crippen molar-refractivity contribution in [3.63, 3.8) is 0 Å². The minimum absolute atomic E-state index is 0.110. The second-order valence-electron chi connectivity index (χ2n) is 5.48. The minimum atomic E-state index is 0.110. The first-order valence-corrected chi connectivity index (χ1v) is 7.64. The zero-order valence-electron chi connectivity index (χ0n) is 12.2. The summed E-state index contributed by atoms with van der Waals surface area (Å²) in [6.07, 6.45) is 0.110. The number of aryl methyl sites for hydroxylation is 1. The third kappa shape index (κ3) is 3.04. The van der Waals surface area contributed by atoms with E-state index in [1.807, 2.05) is 18.2 Å². The normalized spacial score (nSPS) is 20.0. The molecule has 3 rings (SSSR count). The van der Waals surface area contributed by atoms with Crippen molar-refractivity contribution in [2.24, 2.45) is 5.73 Å². The van der Waals surface area contributed by atoms with Crippen LogP contribution < -0.4 is 5.73 Å². The zero-order chi connectivity index (χ0) is 14.8. The van der Waals surface area contributed by atoms with Crippen LogP contribution >= 0.6 is 11.6 Å². The summed E-state index contributed by atoms with van der Waals surface area (Å²) in [5.41, 5.74) is 8.73. The van der Waals surface area contributed by atoms with Gasteiger partial charge in [0.05, 0.1) is 28.9 Å². The number of fused-ring (bicyclic) bond motifs is 1. The van der Waals surface area contributed by atoms with Gasteiger partial charge in [-0.25, -0.2) is 4.98 Å². The predicted molar refractivity (Wildman–Crippen MR) is 85.6 cm³/mol. The highest BCUT2D eigenvalue weighted by molar-refractivity contribution is 6.32. The van der Waals surface area contributed by atoms with E-state index in [9.17, 15) is 0 Å². The van der Waals surface area contributed by atoms with Crippen LogP contribution in [-0.4, -0.2) is 42.2 Å². The highest BCUT2D eigenvalue weighted by Gasteiger charge is 2.21. The number of para-hydroxylation sites is 1. The monoisotopic (exact) mass is 305 g/mol. The fourth-order valence-electron chi connectivity index (χ4n) is 2.80. The maximum Gasteiger partial charge on any atom is 0.0824 e. The molecule has 21 heavy (non-hydrogen) atoms. The predicted octanol–water partition coefficient (Wildman–Crippen LogP) is 2.36. The fraction of sp³-hybridized carbons (Fsp3) is 0.438. The molecule has 112 valence electrons. The van der Waals surface area contributed by atoms with Crippen LogP contribution in [0.4, 0.5) is 0 Å². The highest BCUT2D eigenvalue weighted by atomic mass is 35.5. The highest BCUT2D eigenvalue weighted by Crippen LogP contribution is 2.27. The van der Waals surface area contributed by atoms with Crippen molar-refractivity contribution in [1.29, 1.82) is 0 Å². The van der Waals surface area contributed by atoms with Crippen molar-refractivity contribution in [3.8, 4) is 0 Å². The molecule has 2 N–H and O–H groups in total. The first kappa shape index (κ1) is 14.7. The zero-order valence-corrected chi connectivity index (χ0v) is 12.9. The van der Waals surface area contributed by atoms with E-state index >= 15 is 0 Å². The standard InChI is InChI=1S/C16H20ClN3O/c1-11-13-4-2-3-5-14(13)19-15(16(11)17)10-20-6-7-21-12(8-18)9-20/h2-5,12H,6-10,18H2,1H3. The number of halogens is 1.